The fourth-order valence-corrected chi connectivity index (χ4v) is 4.15. The van der Waals surface area contributed by atoms with Crippen LogP contribution in [0.15, 0.2) is 23.1 Å². The van der Waals surface area contributed by atoms with Crippen LogP contribution in [0.25, 0.3) is 0 Å². The number of primary sulfonamides is 1. The Kier molecular flexibility index (Phi) is 2.92. The van der Waals surface area contributed by atoms with Crippen molar-refractivity contribution >= 4 is 10.0 Å². The molecule has 1 aliphatic carbocycles. The van der Waals surface area contributed by atoms with E-state index in [-0.39, 0.29) is 10.8 Å². The SMILES string of the molecule is CCN1CC2C(C1)C2c1cc(F)ccc1S(N)(=O)=O. The molecule has 0 radical (unpaired) electrons. The summed E-state index contributed by atoms with van der Waals surface area (Å²) in [6.07, 6.45) is 0. The Morgan fingerprint density at radius 2 is 2.00 bits per heavy atom. The Bertz CT molecular complexity index is 605. The van der Waals surface area contributed by atoms with Gasteiger partial charge in [-0.25, -0.2) is 17.9 Å². The van der Waals surface area contributed by atoms with Crippen LogP contribution in [0.4, 0.5) is 4.39 Å². The van der Waals surface area contributed by atoms with E-state index in [1.54, 1.807) is 0 Å². The molecular weight excluding hydrogens is 267 g/mol. The molecular formula is C13H17FN2O2S. The minimum absolute atomic E-state index is 0.0800. The van der Waals surface area contributed by atoms with Gasteiger partial charge in [-0.05, 0) is 48.1 Å². The molecule has 0 amide bonds. The van der Waals surface area contributed by atoms with E-state index in [0.717, 1.165) is 25.7 Å². The van der Waals surface area contributed by atoms with E-state index in [9.17, 15) is 12.8 Å². The first-order valence-corrected chi connectivity index (χ1v) is 8.01. The fourth-order valence-electron chi connectivity index (χ4n) is 3.37. The maximum atomic E-state index is 13.4. The number of likely N-dealkylation sites (tertiary alicyclic amines) is 1. The molecule has 1 heterocycles. The topological polar surface area (TPSA) is 63.4 Å². The van der Waals surface area contributed by atoms with Gasteiger partial charge in [0.25, 0.3) is 0 Å². The molecule has 0 bridgehead atoms. The third-order valence-electron chi connectivity index (χ3n) is 4.35. The standard InChI is InChI=1S/C13H17FN2O2S/c1-2-16-6-10-11(7-16)13(10)9-5-8(14)3-4-12(9)19(15,17)18/h3-5,10-11,13H,2,6-7H2,1H3,(H2,15,17,18). The maximum Gasteiger partial charge on any atom is 0.238 e. The molecule has 104 valence electrons. The van der Waals surface area contributed by atoms with Crippen LogP contribution in [0.5, 0.6) is 0 Å². The smallest absolute Gasteiger partial charge is 0.238 e. The molecule has 2 atom stereocenters. The van der Waals surface area contributed by atoms with Gasteiger partial charge in [-0.2, -0.15) is 0 Å². The van der Waals surface area contributed by atoms with Gasteiger partial charge in [-0.3, -0.25) is 0 Å². The average Bonchev–Trinajstić information content (AvgIpc) is 2.82. The van der Waals surface area contributed by atoms with Gasteiger partial charge in [0.1, 0.15) is 5.82 Å². The molecule has 0 aromatic heterocycles. The monoisotopic (exact) mass is 284 g/mol. The first kappa shape index (κ1) is 13.0. The number of nitrogens with zero attached hydrogens (tertiary/aromatic N) is 1. The van der Waals surface area contributed by atoms with E-state index < -0.39 is 15.8 Å². The highest BCUT2D eigenvalue weighted by atomic mass is 32.2. The number of fused-ring (bicyclic) bond motifs is 1. The summed E-state index contributed by atoms with van der Waals surface area (Å²) in [4.78, 5) is 2.42. The van der Waals surface area contributed by atoms with Crippen molar-refractivity contribution in [1.82, 2.24) is 4.90 Å². The molecule has 3 rings (SSSR count). The third kappa shape index (κ3) is 2.17. The quantitative estimate of drug-likeness (QED) is 0.905. The molecule has 1 saturated carbocycles. The number of piperidine rings is 1. The Balaban J connectivity index is 1.93. The van der Waals surface area contributed by atoms with Crippen LogP contribution in [0, 0.1) is 17.7 Å². The van der Waals surface area contributed by atoms with Crippen LogP contribution in [-0.2, 0) is 10.0 Å². The lowest BCUT2D eigenvalue weighted by molar-refractivity contribution is 0.313. The fraction of sp³-hybridized carbons (Fsp3) is 0.538. The lowest BCUT2D eigenvalue weighted by atomic mass is 10.1. The van der Waals surface area contributed by atoms with Gasteiger partial charge in [-0.15, -0.1) is 0 Å². The minimum atomic E-state index is -3.79. The summed E-state index contributed by atoms with van der Waals surface area (Å²) in [5.74, 6) is 0.635. The Labute approximate surface area is 112 Å². The predicted octanol–water partition coefficient (Wildman–Crippen LogP) is 1.14. The van der Waals surface area contributed by atoms with Crippen LogP contribution in [-0.4, -0.2) is 33.0 Å². The molecule has 4 nitrogen and oxygen atoms in total. The van der Waals surface area contributed by atoms with Crippen molar-refractivity contribution in [1.29, 1.82) is 0 Å². The van der Waals surface area contributed by atoms with Gasteiger partial charge in [0.05, 0.1) is 4.90 Å². The van der Waals surface area contributed by atoms with Crippen LogP contribution in [0.2, 0.25) is 0 Å². The highest BCUT2D eigenvalue weighted by Crippen LogP contribution is 2.59. The Morgan fingerprint density at radius 3 is 2.53 bits per heavy atom. The van der Waals surface area contributed by atoms with Crippen molar-refractivity contribution in [2.75, 3.05) is 19.6 Å². The van der Waals surface area contributed by atoms with Crippen LogP contribution < -0.4 is 5.14 Å². The maximum absolute atomic E-state index is 13.4. The van der Waals surface area contributed by atoms with Gasteiger partial charge < -0.3 is 4.90 Å². The number of halogens is 1. The van der Waals surface area contributed by atoms with Crippen LogP contribution >= 0.6 is 0 Å². The van der Waals surface area contributed by atoms with Crippen LogP contribution in [0.1, 0.15) is 18.4 Å². The zero-order valence-corrected chi connectivity index (χ0v) is 11.5. The van der Waals surface area contributed by atoms with Crippen LogP contribution in [0.3, 0.4) is 0 Å². The molecule has 2 fully saturated rings. The second kappa shape index (κ2) is 4.26. The summed E-state index contributed by atoms with van der Waals surface area (Å²) in [5, 5.41) is 5.22. The van der Waals surface area contributed by atoms with Gasteiger partial charge in [0, 0.05) is 13.1 Å². The second-order valence-corrected chi connectivity index (χ2v) is 6.96. The van der Waals surface area contributed by atoms with E-state index in [4.69, 9.17) is 5.14 Å². The molecule has 2 aliphatic rings. The summed E-state index contributed by atoms with van der Waals surface area (Å²) in [6, 6.07) is 3.77. The highest BCUT2D eigenvalue weighted by molar-refractivity contribution is 7.89. The average molecular weight is 284 g/mol. The summed E-state index contributed by atoms with van der Waals surface area (Å²) < 4.78 is 36.6. The number of nitrogens with two attached hydrogens (primary N) is 1. The third-order valence-corrected chi connectivity index (χ3v) is 5.34. The zero-order valence-electron chi connectivity index (χ0n) is 10.7. The number of rotatable bonds is 3. The number of hydrogen-bond acceptors (Lipinski definition) is 3. The van der Waals surface area contributed by atoms with Crippen molar-refractivity contribution in [3.8, 4) is 0 Å². The Hall–Kier alpha value is -0.980. The Morgan fingerprint density at radius 1 is 1.37 bits per heavy atom. The molecule has 6 heteroatoms. The van der Waals surface area contributed by atoms with E-state index in [1.807, 2.05) is 0 Å². The molecule has 19 heavy (non-hydrogen) atoms. The molecule has 2 unspecified atom stereocenters. The van der Waals surface area contributed by atoms with E-state index in [1.165, 1.54) is 12.1 Å². The van der Waals surface area contributed by atoms with Gasteiger partial charge in [0.15, 0.2) is 0 Å². The normalized spacial score (nSPS) is 30.4. The first-order chi connectivity index (χ1) is 8.91. The molecule has 1 aliphatic heterocycles. The lowest BCUT2D eigenvalue weighted by Gasteiger charge is -2.18. The van der Waals surface area contributed by atoms with Crippen molar-refractivity contribution < 1.29 is 12.8 Å². The van der Waals surface area contributed by atoms with Crippen molar-refractivity contribution in [2.24, 2.45) is 17.0 Å². The largest absolute Gasteiger partial charge is 0.303 e. The minimum Gasteiger partial charge on any atom is -0.303 e. The number of benzene rings is 1. The van der Waals surface area contributed by atoms with Gasteiger partial charge in [-0.1, -0.05) is 6.92 Å². The number of hydrogen-bond donors (Lipinski definition) is 1. The predicted molar refractivity (Wildman–Crippen MR) is 69.6 cm³/mol. The van der Waals surface area contributed by atoms with E-state index >= 15 is 0 Å². The first-order valence-electron chi connectivity index (χ1n) is 6.46. The van der Waals surface area contributed by atoms with Crippen molar-refractivity contribution in [3.63, 3.8) is 0 Å². The van der Waals surface area contributed by atoms with E-state index in [0.29, 0.717) is 17.4 Å². The summed E-state index contributed by atoms with van der Waals surface area (Å²) in [5.41, 5.74) is 0.563. The number of sulfonamides is 1. The van der Waals surface area contributed by atoms with Crippen molar-refractivity contribution in [2.45, 2.75) is 17.7 Å². The second-order valence-electron chi connectivity index (χ2n) is 5.43. The van der Waals surface area contributed by atoms with Gasteiger partial charge >= 0.3 is 0 Å². The highest BCUT2D eigenvalue weighted by Gasteiger charge is 2.56. The lowest BCUT2D eigenvalue weighted by Crippen LogP contribution is -2.24. The van der Waals surface area contributed by atoms with E-state index in [2.05, 4.69) is 11.8 Å². The zero-order chi connectivity index (χ0) is 13.8. The summed E-state index contributed by atoms with van der Waals surface area (Å²) in [6.45, 7) is 5.04. The van der Waals surface area contributed by atoms with Crippen molar-refractivity contribution in [3.05, 3.63) is 29.6 Å². The van der Waals surface area contributed by atoms with Gasteiger partial charge in [0.2, 0.25) is 10.0 Å². The summed E-state index contributed by atoms with van der Waals surface area (Å²) in [7, 11) is -3.79. The molecule has 2 N–H and O–H groups in total. The molecule has 0 spiro atoms. The molecule has 1 saturated heterocycles. The summed E-state index contributed by atoms with van der Waals surface area (Å²) >= 11 is 0. The molecule has 1 aromatic rings. The molecule has 1 aromatic carbocycles.